The number of allylic oxidation sites excluding steroid dienone is 5. The quantitative estimate of drug-likeness (QED) is 0.226. The van der Waals surface area contributed by atoms with Crippen molar-refractivity contribution in [3.8, 4) is 0 Å². The minimum absolute atomic E-state index is 0.683. The molecule has 0 bridgehead atoms. The van der Waals surface area contributed by atoms with Crippen LogP contribution in [0.1, 0.15) is 71.1 Å². The molecule has 2 aromatic rings. The highest BCUT2D eigenvalue weighted by Gasteiger charge is 1.93. The third-order valence-corrected chi connectivity index (χ3v) is 4.33. The second-order valence-corrected chi connectivity index (χ2v) is 8.77. The zero-order valence-electron chi connectivity index (χ0n) is 24.5. The first-order valence-electron chi connectivity index (χ1n) is 12.7. The van der Waals surface area contributed by atoms with Gasteiger partial charge in [-0.2, -0.15) is 0 Å². The number of benzene rings is 2. The number of thiol groups is 1. The van der Waals surface area contributed by atoms with Crippen molar-refractivity contribution < 1.29 is 0 Å². The first-order valence-corrected chi connectivity index (χ1v) is 13.1. The third kappa shape index (κ3) is 24.3. The summed E-state index contributed by atoms with van der Waals surface area (Å²) in [5, 5.41) is 3.05. The highest BCUT2D eigenvalue weighted by atomic mass is 32.1. The van der Waals surface area contributed by atoms with Crippen LogP contribution in [-0.2, 0) is 0 Å². The number of aliphatic imine (C=N–C) groups is 1. The van der Waals surface area contributed by atoms with Crippen LogP contribution in [0.3, 0.4) is 0 Å². The molecule has 0 atom stereocenters. The van der Waals surface area contributed by atoms with E-state index in [0.717, 1.165) is 16.2 Å². The molecular formula is C33H52N2S. The Labute approximate surface area is 229 Å². The van der Waals surface area contributed by atoms with Gasteiger partial charge in [0.25, 0.3) is 0 Å². The Balaban J connectivity index is -0.000000408. The standard InChI is InChI=1S/C10H12.C9H13N.C8H11NS.2C3H8/c1-8(2)10-6-4-9(3)5-7-10;1-4-6-9(2)7-5-8-10-3;1-6-3-4-7(9-2)8(10)5-6;2*1-3-2/h4-7H,1H2,2-3H3;4-7H,1,3,8H2,2H3;3-5,9-10H,1-2H3;2*3H2,1-2H3/b;7-5-,9-6-;;;. The van der Waals surface area contributed by atoms with Crippen molar-refractivity contribution >= 4 is 30.6 Å². The molecule has 0 aliphatic heterocycles. The number of nitrogens with one attached hydrogen (secondary N) is 1. The largest absolute Gasteiger partial charge is 0.387 e. The second-order valence-electron chi connectivity index (χ2n) is 8.29. The fourth-order valence-electron chi connectivity index (χ4n) is 2.25. The summed E-state index contributed by atoms with van der Waals surface area (Å²) in [6.45, 7) is 28.2. The van der Waals surface area contributed by atoms with Gasteiger partial charge in [0.2, 0.25) is 0 Å². The van der Waals surface area contributed by atoms with Crippen LogP contribution < -0.4 is 5.32 Å². The molecule has 0 spiro atoms. The number of hydrogen-bond acceptors (Lipinski definition) is 3. The summed E-state index contributed by atoms with van der Waals surface area (Å²) in [6.07, 6.45) is 10.2. The van der Waals surface area contributed by atoms with Crippen LogP contribution in [0.4, 0.5) is 5.69 Å². The molecule has 2 aromatic carbocycles. The molecule has 0 radical (unpaired) electrons. The first-order chi connectivity index (χ1) is 17.1. The molecule has 2 nitrogen and oxygen atoms in total. The molecular weight excluding hydrogens is 456 g/mol. The molecule has 0 aliphatic carbocycles. The third-order valence-electron chi connectivity index (χ3n) is 3.96. The number of rotatable bonds is 6. The molecule has 0 unspecified atom stereocenters. The summed E-state index contributed by atoms with van der Waals surface area (Å²) < 4.78 is 0. The van der Waals surface area contributed by atoms with Crippen LogP contribution in [0, 0.1) is 13.8 Å². The van der Waals surface area contributed by atoms with Gasteiger partial charge in [0.1, 0.15) is 0 Å². The van der Waals surface area contributed by atoms with Crippen LogP contribution in [0.15, 0.2) is 95.4 Å². The lowest BCUT2D eigenvalue weighted by atomic mass is 10.1. The topological polar surface area (TPSA) is 24.4 Å². The highest BCUT2D eigenvalue weighted by Crippen LogP contribution is 2.19. The Kier molecular flexibility index (Phi) is 28.1. The van der Waals surface area contributed by atoms with E-state index in [0.29, 0.717) is 6.54 Å². The molecule has 1 N–H and O–H groups in total. The summed E-state index contributed by atoms with van der Waals surface area (Å²) in [5.41, 5.74) is 7.15. The minimum atomic E-state index is 0.683. The molecule has 200 valence electrons. The number of nitrogens with zero attached hydrogens (tertiary/aromatic N) is 1. The van der Waals surface area contributed by atoms with Crippen molar-refractivity contribution in [2.75, 3.05) is 18.9 Å². The Hall–Kier alpha value is -2.78. The maximum absolute atomic E-state index is 4.29. The van der Waals surface area contributed by atoms with Crippen LogP contribution in [0.5, 0.6) is 0 Å². The summed E-state index contributed by atoms with van der Waals surface area (Å²) in [4.78, 5) is 4.68. The van der Waals surface area contributed by atoms with Gasteiger partial charge in [0.05, 0.1) is 6.54 Å². The van der Waals surface area contributed by atoms with Gasteiger partial charge in [-0.15, -0.1) is 12.6 Å². The van der Waals surface area contributed by atoms with Gasteiger partial charge in [-0.3, -0.25) is 4.99 Å². The van der Waals surface area contributed by atoms with Crippen molar-refractivity contribution in [1.82, 2.24) is 0 Å². The molecule has 2 rings (SSSR count). The second kappa shape index (κ2) is 26.8. The Morgan fingerprint density at radius 1 is 0.944 bits per heavy atom. The average Bonchev–Trinajstić information content (AvgIpc) is 2.82. The Morgan fingerprint density at radius 3 is 1.83 bits per heavy atom. The maximum atomic E-state index is 4.29. The van der Waals surface area contributed by atoms with Gasteiger partial charge in [-0.05, 0) is 57.7 Å². The summed E-state index contributed by atoms with van der Waals surface area (Å²) >= 11 is 4.29. The summed E-state index contributed by atoms with van der Waals surface area (Å²) in [6, 6.07) is 14.5. The van der Waals surface area contributed by atoms with Gasteiger partial charge >= 0.3 is 0 Å². The minimum Gasteiger partial charge on any atom is -0.387 e. The Bertz CT molecular complexity index is 888. The van der Waals surface area contributed by atoms with E-state index in [1.54, 1.807) is 6.08 Å². The molecule has 0 aromatic heterocycles. The van der Waals surface area contributed by atoms with Crippen LogP contribution >= 0.6 is 12.6 Å². The molecule has 0 amide bonds. The number of hydrogen-bond donors (Lipinski definition) is 2. The van der Waals surface area contributed by atoms with E-state index in [-0.39, 0.29) is 0 Å². The van der Waals surface area contributed by atoms with E-state index in [4.69, 9.17) is 0 Å². The van der Waals surface area contributed by atoms with Crippen molar-refractivity contribution in [2.45, 2.75) is 73.1 Å². The van der Waals surface area contributed by atoms with Gasteiger partial charge in [-0.1, -0.05) is 125 Å². The van der Waals surface area contributed by atoms with Gasteiger partial charge in [0, 0.05) is 17.6 Å². The monoisotopic (exact) mass is 508 g/mol. The fourth-order valence-corrected chi connectivity index (χ4v) is 2.64. The molecule has 0 saturated carbocycles. The lowest BCUT2D eigenvalue weighted by Gasteiger charge is -2.03. The van der Waals surface area contributed by atoms with Crippen LogP contribution in [0.2, 0.25) is 0 Å². The van der Waals surface area contributed by atoms with E-state index in [2.05, 4.69) is 115 Å². The van der Waals surface area contributed by atoms with E-state index in [9.17, 15) is 0 Å². The van der Waals surface area contributed by atoms with Crippen molar-refractivity contribution in [3.05, 3.63) is 102 Å². The van der Waals surface area contributed by atoms with Gasteiger partial charge in [-0.25, -0.2) is 0 Å². The maximum Gasteiger partial charge on any atom is 0.0566 e. The van der Waals surface area contributed by atoms with E-state index >= 15 is 0 Å². The van der Waals surface area contributed by atoms with Crippen LogP contribution in [0.25, 0.3) is 5.57 Å². The molecule has 3 heteroatoms. The lowest BCUT2D eigenvalue weighted by Crippen LogP contribution is -1.88. The Morgan fingerprint density at radius 2 is 1.44 bits per heavy atom. The number of anilines is 1. The first kappa shape index (κ1) is 37.8. The summed E-state index contributed by atoms with van der Waals surface area (Å²) in [5.74, 6) is 0. The van der Waals surface area contributed by atoms with Gasteiger partial charge < -0.3 is 5.32 Å². The smallest absolute Gasteiger partial charge is 0.0566 e. The van der Waals surface area contributed by atoms with E-state index in [1.165, 1.54) is 35.1 Å². The molecule has 0 aliphatic rings. The zero-order valence-corrected chi connectivity index (χ0v) is 25.4. The highest BCUT2D eigenvalue weighted by molar-refractivity contribution is 7.80. The fraction of sp³-hybridized carbons (Fsp3) is 0.364. The summed E-state index contributed by atoms with van der Waals surface area (Å²) in [7, 11) is 1.89. The predicted molar refractivity (Wildman–Crippen MR) is 173 cm³/mol. The van der Waals surface area contributed by atoms with Crippen molar-refractivity contribution in [2.24, 2.45) is 4.99 Å². The predicted octanol–water partition coefficient (Wildman–Crippen LogP) is 10.6. The normalized spacial score (nSPS) is 9.56. The van der Waals surface area contributed by atoms with Crippen LogP contribution in [-0.4, -0.2) is 20.3 Å². The van der Waals surface area contributed by atoms with Crippen molar-refractivity contribution in [3.63, 3.8) is 0 Å². The molecule has 36 heavy (non-hydrogen) atoms. The SMILES string of the molecule is C=C(C)c1ccc(C)cc1.C=C/C=C(C)\C=C/CN=C.CCC.CCC.CNc1ccc(C)cc1S. The van der Waals surface area contributed by atoms with E-state index in [1.807, 2.05) is 51.3 Å². The molecule has 0 fully saturated rings. The van der Waals surface area contributed by atoms with Crippen molar-refractivity contribution in [1.29, 1.82) is 0 Å². The zero-order chi connectivity index (χ0) is 28.4. The average molecular weight is 509 g/mol. The lowest BCUT2D eigenvalue weighted by molar-refractivity contribution is 1.09. The molecule has 0 heterocycles. The molecule has 0 saturated heterocycles. The van der Waals surface area contributed by atoms with Gasteiger partial charge in [0.15, 0.2) is 0 Å². The van der Waals surface area contributed by atoms with E-state index < -0.39 is 0 Å². The number of aryl methyl sites for hydroxylation is 2.